The first-order valence-corrected chi connectivity index (χ1v) is 17.3. The Kier molecular flexibility index (Phi) is 12.1. The number of hydrogen-bond acceptors (Lipinski definition) is 6. The number of amides is 3. The monoisotopic (exact) mass is 632 g/mol. The van der Waals surface area contributed by atoms with Crippen LogP contribution in [-0.4, -0.2) is 79.7 Å². The van der Waals surface area contributed by atoms with Gasteiger partial charge in [-0.1, -0.05) is 43.2 Å². The second-order valence-corrected chi connectivity index (χ2v) is 13.7. The van der Waals surface area contributed by atoms with Gasteiger partial charge in [0.05, 0.1) is 6.10 Å². The lowest BCUT2D eigenvalue weighted by Crippen LogP contribution is -2.61. The molecule has 1 atom stereocenters. The van der Waals surface area contributed by atoms with Crippen LogP contribution >= 0.6 is 0 Å². The summed E-state index contributed by atoms with van der Waals surface area (Å²) in [5.41, 5.74) is 0.376. The van der Waals surface area contributed by atoms with E-state index in [1.807, 2.05) is 44.2 Å². The summed E-state index contributed by atoms with van der Waals surface area (Å²) < 4.78 is 11.2. The molecular weight excluding hydrogens is 580 g/mol. The van der Waals surface area contributed by atoms with Crippen LogP contribution < -0.4 is 20.7 Å². The Morgan fingerprint density at radius 1 is 0.913 bits per heavy atom. The second kappa shape index (κ2) is 16.4. The summed E-state index contributed by atoms with van der Waals surface area (Å²) in [5.74, 6) is 1.05. The van der Waals surface area contributed by atoms with Crippen LogP contribution in [0.5, 0.6) is 5.75 Å². The maximum absolute atomic E-state index is 14.0. The molecule has 0 aromatic heterocycles. The molecule has 2 aromatic rings. The predicted octanol–water partition coefficient (Wildman–Crippen LogP) is 4.50. The maximum Gasteiger partial charge on any atom is 0.252 e. The number of nitrogens with zero attached hydrogens (tertiary/aromatic N) is 1. The van der Waals surface area contributed by atoms with E-state index in [9.17, 15) is 14.4 Å². The number of carbonyl (C=O) groups is 3. The minimum absolute atomic E-state index is 0.0337. The van der Waals surface area contributed by atoms with Gasteiger partial charge in [0, 0.05) is 38.3 Å². The Morgan fingerprint density at radius 2 is 1.59 bits per heavy atom. The fraction of sp³-hybridized carbons (Fsp3) is 0.595. The number of carbonyl (C=O) groups excluding carboxylic acids is 3. The molecule has 46 heavy (non-hydrogen) atoms. The summed E-state index contributed by atoms with van der Waals surface area (Å²) in [6.45, 7) is 9.51. The zero-order chi connectivity index (χ0) is 32.4. The molecule has 0 unspecified atom stereocenters. The average molecular weight is 633 g/mol. The fourth-order valence-corrected chi connectivity index (χ4v) is 7.02. The van der Waals surface area contributed by atoms with E-state index in [0.29, 0.717) is 43.0 Å². The third-order valence-corrected chi connectivity index (χ3v) is 9.77. The van der Waals surface area contributed by atoms with Crippen molar-refractivity contribution >= 4 is 17.7 Å². The first kappa shape index (κ1) is 33.9. The molecule has 250 valence electrons. The van der Waals surface area contributed by atoms with E-state index in [0.717, 1.165) is 82.9 Å². The van der Waals surface area contributed by atoms with E-state index < -0.39 is 11.6 Å². The van der Waals surface area contributed by atoms with Gasteiger partial charge in [-0.2, -0.15) is 0 Å². The number of piperidine rings is 1. The Labute approximate surface area is 274 Å². The number of rotatable bonds is 13. The van der Waals surface area contributed by atoms with Crippen LogP contribution in [0.1, 0.15) is 81.1 Å². The van der Waals surface area contributed by atoms with Gasteiger partial charge in [0.25, 0.3) is 5.91 Å². The van der Waals surface area contributed by atoms with Crippen molar-refractivity contribution < 1.29 is 23.9 Å². The van der Waals surface area contributed by atoms with Crippen molar-refractivity contribution in [3.05, 3.63) is 65.7 Å². The molecule has 5 rings (SSSR count). The van der Waals surface area contributed by atoms with Gasteiger partial charge < -0.3 is 30.3 Å². The Hall–Kier alpha value is -3.43. The first-order chi connectivity index (χ1) is 22.3. The van der Waals surface area contributed by atoms with Crippen LogP contribution in [0.2, 0.25) is 0 Å². The van der Waals surface area contributed by atoms with Gasteiger partial charge in [0.2, 0.25) is 11.8 Å². The highest BCUT2D eigenvalue weighted by atomic mass is 16.5. The summed E-state index contributed by atoms with van der Waals surface area (Å²) >= 11 is 0. The first-order valence-electron chi connectivity index (χ1n) is 17.3. The molecule has 1 saturated carbocycles. The van der Waals surface area contributed by atoms with Crippen LogP contribution in [0.3, 0.4) is 0 Å². The van der Waals surface area contributed by atoms with E-state index in [-0.39, 0.29) is 23.8 Å². The van der Waals surface area contributed by atoms with E-state index in [4.69, 9.17) is 9.47 Å². The SMILES string of the molecule is CC(C)Oc1ccc(C(=O)NC2(C(=O)N[C@H](Cc3ccccc3)C(=O)NCC3CCN(CC4CCOCC4)CC3)CCCC2)cc1. The number of nitrogens with one attached hydrogen (secondary N) is 3. The standard InChI is InChI=1S/C37H52N4O5/c1-27(2)46-32-12-10-31(11-13-32)34(42)40-37(18-6-7-19-37)36(44)39-33(24-28-8-4-3-5-9-28)35(43)38-25-29-14-20-41(21-15-29)26-30-16-22-45-23-17-30/h3-5,8-13,27,29-30,33H,6-7,14-26H2,1-2H3,(H,38,43)(H,39,44)(H,40,42)/t33-/m1/s1. The lowest BCUT2D eigenvalue weighted by molar-refractivity contribution is -0.132. The summed E-state index contributed by atoms with van der Waals surface area (Å²) in [6, 6.07) is 16.0. The van der Waals surface area contributed by atoms with Crippen LogP contribution in [0.25, 0.3) is 0 Å². The smallest absolute Gasteiger partial charge is 0.252 e. The molecule has 0 radical (unpaired) electrons. The van der Waals surface area contributed by atoms with E-state index >= 15 is 0 Å². The highest BCUT2D eigenvalue weighted by molar-refractivity contribution is 6.00. The summed E-state index contributed by atoms with van der Waals surface area (Å²) in [6.07, 6.45) is 7.55. The van der Waals surface area contributed by atoms with Crippen molar-refractivity contribution in [2.75, 3.05) is 39.4 Å². The van der Waals surface area contributed by atoms with Crippen molar-refractivity contribution in [1.82, 2.24) is 20.9 Å². The maximum atomic E-state index is 14.0. The van der Waals surface area contributed by atoms with Crippen LogP contribution in [0.4, 0.5) is 0 Å². The minimum atomic E-state index is -1.06. The minimum Gasteiger partial charge on any atom is -0.491 e. The molecule has 0 spiro atoms. The molecule has 2 saturated heterocycles. The van der Waals surface area contributed by atoms with Crippen LogP contribution in [0.15, 0.2) is 54.6 Å². The molecule has 3 aliphatic rings. The normalized spacial score (nSPS) is 19.8. The highest BCUT2D eigenvalue weighted by Crippen LogP contribution is 2.31. The molecule has 2 aromatic carbocycles. The van der Waals surface area contributed by atoms with Crippen molar-refractivity contribution in [3.8, 4) is 5.75 Å². The number of benzene rings is 2. The van der Waals surface area contributed by atoms with Gasteiger partial charge in [0.15, 0.2) is 0 Å². The van der Waals surface area contributed by atoms with Crippen molar-refractivity contribution in [3.63, 3.8) is 0 Å². The van der Waals surface area contributed by atoms with Gasteiger partial charge in [-0.3, -0.25) is 14.4 Å². The molecular formula is C37H52N4O5. The Morgan fingerprint density at radius 3 is 2.24 bits per heavy atom. The zero-order valence-electron chi connectivity index (χ0n) is 27.6. The number of likely N-dealkylation sites (tertiary alicyclic amines) is 1. The van der Waals surface area contributed by atoms with Crippen LogP contribution in [0, 0.1) is 11.8 Å². The molecule has 3 N–H and O–H groups in total. The summed E-state index contributed by atoms with van der Waals surface area (Å²) in [4.78, 5) is 43.6. The second-order valence-electron chi connectivity index (χ2n) is 13.7. The molecule has 3 fully saturated rings. The van der Waals surface area contributed by atoms with E-state index in [2.05, 4.69) is 20.9 Å². The third kappa shape index (κ3) is 9.55. The zero-order valence-corrected chi connectivity index (χ0v) is 27.6. The lowest BCUT2D eigenvalue weighted by Gasteiger charge is -2.35. The number of ether oxygens (including phenoxy) is 2. The Balaban J connectivity index is 1.19. The molecule has 9 heteroatoms. The van der Waals surface area contributed by atoms with Gasteiger partial charge in [-0.15, -0.1) is 0 Å². The van der Waals surface area contributed by atoms with Gasteiger partial charge >= 0.3 is 0 Å². The Bertz CT molecular complexity index is 1260. The van der Waals surface area contributed by atoms with Crippen molar-refractivity contribution in [1.29, 1.82) is 0 Å². The largest absolute Gasteiger partial charge is 0.491 e. The summed E-state index contributed by atoms with van der Waals surface area (Å²) in [7, 11) is 0. The van der Waals surface area contributed by atoms with E-state index in [1.165, 1.54) is 0 Å². The topological polar surface area (TPSA) is 109 Å². The molecule has 1 aliphatic carbocycles. The fourth-order valence-electron chi connectivity index (χ4n) is 7.02. The molecule has 3 amide bonds. The predicted molar refractivity (Wildman–Crippen MR) is 179 cm³/mol. The molecule has 9 nitrogen and oxygen atoms in total. The van der Waals surface area contributed by atoms with Crippen molar-refractivity contribution in [2.45, 2.75) is 89.3 Å². The van der Waals surface area contributed by atoms with E-state index in [1.54, 1.807) is 24.3 Å². The van der Waals surface area contributed by atoms with Crippen molar-refractivity contribution in [2.24, 2.45) is 11.8 Å². The molecule has 2 aliphatic heterocycles. The average Bonchev–Trinajstić information content (AvgIpc) is 3.54. The van der Waals surface area contributed by atoms with Gasteiger partial charge in [-0.25, -0.2) is 0 Å². The number of hydrogen-bond donors (Lipinski definition) is 3. The quantitative estimate of drug-likeness (QED) is 0.300. The molecule has 2 heterocycles. The third-order valence-electron chi connectivity index (χ3n) is 9.77. The highest BCUT2D eigenvalue weighted by Gasteiger charge is 2.44. The summed E-state index contributed by atoms with van der Waals surface area (Å²) in [5, 5.41) is 9.31. The van der Waals surface area contributed by atoms with Gasteiger partial charge in [-0.05, 0) is 107 Å². The van der Waals surface area contributed by atoms with Crippen LogP contribution in [-0.2, 0) is 20.7 Å². The van der Waals surface area contributed by atoms with Gasteiger partial charge in [0.1, 0.15) is 17.3 Å². The lowest BCUT2D eigenvalue weighted by atomic mass is 9.93. The molecule has 0 bridgehead atoms.